The number of ether oxygens (including phenoxy) is 2. The number of phosphoric acid groups is 1. The predicted octanol–water partition coefficient (Wildman–Crippen LogP) is 2.94. The van der Waals surface area contributed by atoms with Crippen LogP contribution in [0, 0.1) is 59.2 Å². The summed E-state index contributed by atoms with van der Waals surface area (Å²) >= 11 is 0. The van der Waals surface area contributed by atoms with Crippen LogP contribution < -0.4 is 55.0 Å². The van der Waals surface area contributed by atoms with Gasteiger partial charge in [-0.05, 0) is 136 Å². The average molecular weight is 1580 g/mol. The molecular weight excluding hydrogens is 1480 g/mol. The average Bonchev–Trinajstić information content (AvgIpc) is 1.53. The fourth-order valence-corrected chi connectivity index (χ4v) is 19.4. The van der Waals surface area contributed by atoms with Crippen molar-refractivity contribution in [3.05, 3.63) is 97.8 Å². The van der Waals surface area contributed by atoms with E-state index in [9.17, 15) is 63.4 Å². The van der Waals surface area contributed by atoms with Gasteiger partial charge in [0.15, 0.2) is 23.9 Å². The monoisotopic (exact) mass is 1580 g/mol. The van der Waals surface area contributed by atoms with E-state index >= 15 is 0 Å². The van der Waals surface area contributed by atoms with Gasteiger partial charge in [0.1, 0.15) is 42.4 Å². The minimum absolute atomic E-state index is 0. The Kier molecular flexibility index (Phi) is 25.5. The summed E-state index contributed by atoms with van der Waals surface area (Å²) in [5, 5.41) is 66.6. The number of nitrogens with one attached hydrogen (secondary N) is 1. The van der Waals surface area contributed by atoms with Crippen molar-refractivity contribution < 1.29 is 103 Å². The molecule has 1 unspecified atom stereocenters. The molecule has 7 amide bonds. The van der Waals surface area contributed by atoms with Gasteiger partial charge >= 0.3 is 7.82 Å². The van der Waals surface area contributed by atoms with Gasteiger partial charge in [-0.25, -0.2) is 24.5 Å². The van der Waals surface area contributed by atoms with E-state index in [1.165, 1.54) is 25.9 Å². The molecule has 1 radical (unpaired) electrons. The second-order valence-corrected chi connectivity index (χ2v) is 33.2. The molecule has 6 fully saturated rings. The van der Waals surface area contributed by atoms with Gasteiger partial charge < -0.3 is 106 Å². The maximum Gasteiger partial charge on any atom is 0.472 e. The molecule has 37 heteroatoms. The number of nitrogens with zero attached hydrogens (tertiary/aromatic N) is 10. The number of rotatable bonds is 27. The molecule has 6 saturated heterocycles. The summed E-state index contributed by atoms with van der Waals surface area (Å²) in [6.45, 7) is 21.1. The number of amides is 7. The Balaban J connectivity index is 0.000000623. The van der Waals surface area contributed by atoms with Crippen molar-refractivity contribution in [3.8, 4) is 0 Å². The molecule has 8 bridgehead atoms. The summed E-state index contributed by atoms with van der Waals surface area (Å²) in [7, 11) is -5.06. The van der Waals surface area contributed by atoms with Crippen LogP contribution in [0.1, 0.15) is 163 Å². The number of imidazole rings is 2. The molecule has 109 heavy (non-hydrogen) atoms. The van der Waals surface area contributed by atoms with Crippen LogP contribution in [-0.2, 0) is 73.4 Å². The number of allylic oxidation sites excluding steroid dienone is 3. The van der Waals surface area contributed by atoms with Crippen molar-refractivity contribution in [2.75, 3.05) is 18.9 Å². The first-order valence-corrected chi connectivity index (χ1v) is 37.9. The Bertz CT molecular complexity index is 4310. The number of aliphatic hydroxyl groups excluding tert-OH is 4. The van der Waals surface area contributed by atoms with Crippen molar-refractivity contribution in [3.63, 3.8) is 0 Å². The van der Waals surface area contributed by atoms with Gasteiger partial charge in [0.05, 0.1) is 42.5 Å². The number of anilines is 1. The number of carbonyl (C=O) groups excluding carboxylic acids is 7. The number of benzene rings is 1. The number of carbonyl (C=O) groups is 7. The van der Waals surface area contributed by atoms with E-state index in [1.54, 1.807) is 16.1 Å². The van der Waals surface area contributed by atoms with Crippen molar-refractivity contribution in [2.24, 2.45) is 79.7 Å². The van der Waals surface area contributed by atoms with Gasteiger partial charge in [-0.3, -0.25) is 47.2 Å². The zero-order valence-corrected chi connectivity index (χ0v) is 65.3. The van der Waals surface area contributed by atoms with Gasteiger partial charge in [-0.2, -0.15) is 17.1 Å². The molecule has 22 atom stereocenters. The topological polar surface area (TPSA) is 587 Å². The quantitative estimate of drug-likeness (QED) is 0.0301. The first-order valence-electron chi connectivity index (χ1n) is 36.4. The van der Waals surface area contributed by atoms with Gasteiger partial charge in [0.2, 0.25) is 41.4 Å². The number of aliphatic hydroxyl groups is 4. The third-order valence-electron chi connectivity index (χ3n) is 24.3. The van der Waals surface area contributed by atoms with E-state index in [0.717, 1.165) is 11.1 Å². The summed E-state index contributed by atoms with van der Waals surface area (Å²) in [5.41, 5.74) is 42.8. The Morgan fingerprint density at radius 3 is 1.94 bits per heavy atom. The minimum atomic E-state index is -5.06. The van der Waals surface area contributed by atoms with Gasteiger partial charge in [0.25, 0.3) is 0 Å². The van der Waals surface area contributed by atoms with Crippen LogP contribution >= 0.6 is 7.82 Å². The van der Waals surface area contributed by atoms with Crippen molar-refractivity contribution in [1.82, 2.24) is 29.8 Å². The molecule has 603 valence electrons. The van der Waals surface area contributed by atoms with Crippen molar-refractivity contribution in [2.45, 2.75) is 239 Å². The second-order valence-electron chi connectivity index (χ2n) is 31.8. The molecule has 0 aliphatic carbocycles. The summed E-state index contributed by atoms with van der Waals surface area (Å²) < 4.78 is 39.3. The van der Waals surface area contributed by atoms with Crippen LogP contribution in [0.15, 0.2) is 65.4 Å². The smallest absolute Gasteiger partial charge is 0.472 e. The van der Waals surface area contributed by atoms with E-state index in [0.29, 0.717) is 50.4 Å². The first-order chi connectivity index (χ1) is 50.4. The van der Waals surface area contributed by atoms with Crippen LogP contribution in [0.2, 0.25) is 0 Å². The fraction of sp³-hybridized carbons (Fsp3) is 0.653. The number of hydrogen-bond acceptors (Lipinski definition) is 20. The van der Waals surface area contributed by atoms with E-state index in [1.807, 2.05) is 87.4 Å². The maximum atomic E-state index is 14.4. The Morgan fingerprint density at radius 1 is 0.734 bits per heavy atom. The van der Waals surface area contributed by atoms with Crippen LogP contribution in [0.25, 0.3) is 43.5 Å². The van der Waals surface area contributed by atoms with Crippen molar-refractivity contribution >= 4 is 77.2 Å². The molecule has 7 aliphatic heterocycles. The zero-order chi connectivity index (χ0) is 79.6. The SMILES string of the molecule is C/C1=C2/[N-][C@H]([C@H](CC(N)=O)[C@@]2(C)CCC(=O)NC[C@@H](C)OP(=O)(O)O[C@H]2[C@@H](O)[C@@H]([n+]3c[n-]c4cc(C)c(C)cc43)O[C@@H]2CO)[C@]2(C)[N-][C@H](/C(C)=C3\[N-][C@H](/C=C4\[N-][C@H]1[C@@H](CCC(N)=O)C4(C)C)[C@@H](CCC(N)=O)[C@]3(C)CC(N)=O)[C@@H](CCC(N)=O)[C@]2(C)CC(N)=O.C[C@H]1O[C@@H](n2cnc3c(N)ncnc32)[C@H](O)[C@@H]1O.[Co]. The molecule has 35 nitrogen and oxygen atoms in total. The predicted molar refractivity (Wildman–Crippen MR) is 392 cm³/mol. The fourth-order valence-electron chi connectivity index (χ4n) is 18.2. The van der Waals surface area contributed by atoms with Gasteiger partial charge in [-0.1, -0.05) is 53.6 Å². The summed E-state index contributed by atoms with van der Waals surface area (Å²) in [5.74, 6) is -6.60. The van der Waals surface area contributed by atoms with E-state index in [2.05, 4.69) is 25.3 Å². The third-order valence-corrected chi connectivity index (χ3v) is 25.5. The van der Waals surface area contributed by atoms with E-state index in [4.69, 9.17) is 79.9 Å². The molecule has 7 aliphatic rings. The van der Waals surface area contributed by atoms with Crippen LogP contribution in [0.3, 0.4) is 0 Å². The molecule has 11 rings (SSSR count). The number of aromatic nitrogens is 6. The Morgan fingerprint density at radius 2 is 1.34 bits per heavy atom. The van der Waals surface area contributed by atoms with Gasteiger partial charge in [0, 0.05) is 68.3 Å². The zero-order valence-electron chi connectivity index (χ0n) is 63.4. The number of phosphoric ester groups is 1. The molecule has 0 saturated carbocycles. The first kappa shape index (κ1) is 85.3. The number of aryl methyl sites for hydroxylation is 2. The molecule has 0 spiro atoms. The number of fused-ring (bicyclic) bond motifs is 11. The molecular formula is C72H105CoN18O17P-4. The van der Waals surface area contributed by atoms with E-state index in [-0.39, 0.29) is 99.8 Å². The molecule has 4 aromatic rings. The van der Waals surface area contributed by atoms with Crippen molar-refractivity contribution in [1.29, 1.82) is 0 Å². The standard InChI is InChI=1S/C62H92N13O14P.C10H13N5O3.Co/c1-29-20-39-40(21-30(29)2)75(28-70-39)57-52(84)53(41(27-76)87-57)89-90(85,86)88-31(3)26-69-49(83)18-19-59(8)37(22-46(66)80)56-62(11)61(10,25-48(68)82)36(14-17-45(65)79)51(74-62)33(5)55-60(9,24-47(67)81)34(12-15-43(63)77)38(71-55)23-42-58(6,7)35(13-16-44(64)78)50(72-42)32(4)54(59)73-56;1-4-6(16)7(17)10(18-4)15-3-14-5-8(11)12-2-13-9(5)15;/h20-21,23,28,31,34-38,41,50-53,56-57,76,84H,12-19,22,24-27H2,1-11H3,(H14,63,64,65,66,67,68,69,77,78,79,80,81,82,83,85,86);2-4,6-7,10,16-17H,1H3,(H2,11,12,13);/q-4;;/b42-23-,54-32-,55-33-;;/t31-,34-,35-,36-,37+,38-,41-,50-,51-,52-,53-,56-,57+,59-,60+,61+,62+;4-,6-,7-,10-;/m11./s1. The minimum Gasteiger partial charge on any atom is -0.685 e. The summed E-state index contributed by atoms with van der Waals surface area (Å²) in [4.78, 5) is 121. The third kappa shape index (κ3) is 16.5. The molecule has 20 N–H and O–H groups in total. The number of hydrogen-bond donors (Lipinski definition) is 13. The second kappa shape index (κ2) is 32.5. The molecule has 1 aromatic carbocycles. The van der Waals surface area contributed by atoms with Crippen LogP contribution in [0.5, 0.6) is 0 Å². The number of nitrogens with two attached hydrogens (primary N) is 7. The normalized spacial score (nSPS) is 35.6. The largest absolute Gasteiger partial charge is 0.685 e. The van der Waals surface area contributed by atoms with Crippen LogP contribution in [0.4, 0.5) is 5.82 Å². The molecule has 3 aromatic heterocycles. The number of primary amides is 6. The molecule has 10 heterocycles. The summed E-state index contributed by atoms with van der Waals surface area (Å²) in [6, 6.07) is 0.417. The van der Waals surface area contributed by atoms with Gasteiger partial charge in [-0.15, -0.1) is 34.8 Å². The Hall–Kier alpha value is -7.71. The van der Waals surface area contributed by atoms with Crippen LogP contribution in [-0.4, -0.2) is 172 Å². The Labute approximate surface area is 642 Å². The summed E-state index contributed by atoms with van der Waals surface area (Å²) in [6.07, 6.45) is -4.33. The van der Waals surface area contributed by atoms with E-state index < -0.39 is 186 Å². The number of nitrogen functional groups attached to an aromatic ring is 1. The maximum absolute atomic E-state index is 14.4.